The van der Waals surface area contributed by atoms with Crippen LogP contribution in [0.2, 0.25) is 0 Å². The second-order valence-corrected chi connectivity index (χ2v) is 4.49. The van der Waals surface area contributed by atoms with Gasteiger partial charge in [0.05, 0.1) is 6.61 Å². The van der Waals surface area contributed by atoms with E-state index in [9.17, 15) is 4.79 Å². The van der Waals surface area contributed by atoms with Gasteiger partial charge in [0, 0.05) is 29.2 Å². The standard InChI is InChI=1S/C14H17NO2/c1-9-6-10(2)14-12(11(3)17)8-15(4-5-16)13(14)7-9/h6-8,16H,4-5H2,1-3H3. The van der Waals surface area contributed by atoms with Crippen LogP contribution in [0.3, 0.4) is 0 Å². The first-order chi connectivity index (χ1) is 8.04. The van der Waals surface area contributed by atoms with E-state index in [0.717, 1.165) is 22.0 Å². The largest absolute Gasteiger partial charge is 0.395 e. The third-order valence-electron chi connectivity index (χ3n) is 3.04. The summed E-state index contributed by atoms with van der Waals surface area (Å²) in [5.41, 5.74) is 4.05. The number of ketones is 1. The lowest BCUT2D eigenvalue weighted by Crippen LogP contribution is -2.00. The van der Waals surface area contributed by atoms with Gasteiger partial charge in [-0.1, -0.05) is 6.07 Å². The molecule has 0 unspecified atom stereocenters. The van der Waals surface area contributed by atoms with Crippen LogP contribution in [0.25, 0.3) is 10.9 Å². The first-order valence-corrected chi connectivity index (χ1v) is 5.76. The van der Waals surface area contributed by atoms with Crippen LogP contribution in [0.5, 0.6) is 0 Å². The van der Waals surface area contributed by atoms with Crippen molar-refractivity contribution in [2.75, 3.05) is 6.61 Å². The summed E-state index contributed by atoms with van der Waals surface area (Å²) in [6.07, 6.45) is 1.84. The van der Waals surface area contributed by atoms with Crippen molar-refractivity contribution < 1.29 is 9.90 Å². The Morgan fingerprint density at radius 3 is 2.65 bits per heavy atom. The van der Waals surface area contributed by atoms with Crippen molar-refractivity contribution in [2.45, 2.75) is 27.3 Å². The summed E-state index contributed by atoms with van der Waals surface area (Å²) in [5, 5.41) is 10.1. The Morgan fingerprint density at radius 2 is 2.06 bits per heavy atom. The summed E-state index contributed by atoms with van der Waals surface area (Å²) in [4.78, 5) is 11.6. The molecule has 90 valence electrons. The van der Waals surface area contributed by atoms with Crippen molar-refractivity contribution in [3.05, 3.63) is 35.0 Å². The van der Waals surface area contributed by atoms with Crippen LogP contribution in [-0.4, -0.2) is 22.1 Å². The average molecular weight is 231 g/mol. The molecule has 17 heavy (non-hydrogen) atoms. The first kappa shape index (κ1) is 11.9. The van der Waals surface area contributed by atoms with E-state index in [4.69, 9.17) is 5.11 Å². The Morgan fingerprint density at radius 1 is 1.35 bits per heavy atom. The summed E-state index contributed by atoms with van der Waals surface area (Å²) >= 11 is 0. The molecule has 0 spiro atoms. The zero-order chi connectivity index (χ0) is 12.6. The fraction of sp³-hybridized carbons (Fsp3) is 0.357. The average Bonchev–Trinajstić information content (AvgIpc) is 2.58. The summed E-state index contributed by atoms with van der Waals surface area (Å²) in [5.74, 6) is 0.0682. The van der Waals surface area contributed by atoms with Crippen LogP contribution in [0.15, 0.2) is 18.3 Å². The molecule has 0 aliphatic carbocycles. The monoisotopic (exact) mass is 231 g/mol. The maximum atomic E-state index is 11.6. The predicted molar refractivity (Wildman–Crippen MR) is 68.5 cm³/mol. The lowest BCUT2D eigenvalue weighted by atomic mass is 10.0. The minimum Gasteiger partial charge on any atom is -0.395 e. The smallest absolute Gasteiger partial charge is 0.161 e. The molecular weight excluding hydrogens is 214 g/mol. The summed E-state index contributed by atoms with van der Waals surface area (Å²) < 4.78 is 1.95. The molecule has 0 aliphatic heterocycles. The second kappa shape index (κ2) is 4.34. The van der Waals surface area contributed by atoms with E-state index in [2.05, 4.69) is 12.1 Å². The molecule has 1 aromatic carbocycles. The highest BCUT2D eigenvalue weighted by Gasteiger charge is 2.14. The molecule has 0 saturated heterocycles. The molecule has 0 atom stereocenters. The van der Waals surface area contributed by atoms with Crippen molar-refractivity contribution >= 4 is 16.7 Å². The molecule has 0 bridgehead atoms. The van der Waals surface area contributed by atoms with Crippen LogP contribution in [0.4, 0.5) is 0 Å². The Hall–Kier alpha value is -1.61. The number of benzene rings is 1. The molecule has 1 heterocycles. The fourth-order valence-electron chi connectivity index (χ4n) is 2.37. The molecule has 2 aromatic rings. The summed E-state index contributed by atoms with van der Waals surface area (Å²) in [6, 6.07) is 4.14. The van der Waals surface area contributed by atoms with Crippen LogP contribution in [-0.2, 0) is 6.54 Å². The van der Waals surface area contributed by atoms with Crippen molar-refractivity contribution in [1.29, 1.82) is 0 Å². The number of rotatable bonds is 3. The van der Waals surface area contributed by atoms with Crippen LogP contribution in [0.1, 0.15) is 28.4 Å². The number of fused-ring (bicyclic) bond motifs is 1. The van der Waals surface area contributed by atoms with Crippen molar-refractivity contribution in [3.8, 4) is 0 Å². The number of aryl methyl sites for hydroxylation is 2. The molecule has 0 radical (unpaired) electrons. The first-order valence-electron chi connectivity index (χ1n) is 5.76. The number of hydrogen-bond donors (Lipinski definition) is 1. The molecular formula is C14H17NO2. The zero-order valence-electron chi connectivity index (χ0n) is 10.4. The molecule has 1 N–H and O–H groups in total. The van der Waals surface area contributed by atoms with Gasteiger partial charge in [0.2, 0.25) is 0 Å². The number of nitrogens with zero attached hydrogens (tertiary/aromatic N) is 1. The molecule has 3 heteroatoms. The molecule has 0 saturated carbocycles. The number of Topliss-reactive ketones (excluding diaryl/α,β-unsaturated/α-hetero) is 1. The highest BCUT2D eigenvalue weighted by molar-refractivity contribution is 6.08. The summed E-state index contributed by atoms with van der Waals surface area (Å²) in [6.45, 7) is 6.24. The Labute approximate surface area is 101 Å². The minimum absolute atomic E-state index is 0.0682. The van der Waals surface area contributed by atoms with E-state index in [0.29, 0.717) is 6.54 Å². The van der Waals surface area contributed by atoms with Gasteiger partial charge in [0.25, 0.3) is 0 Å². The number of aliphatic hydroxyl groups excluding tert-OH is 1. The Balaban J connectivity index is 2.81. The van der Waals surface area contributed by atoms with E-state index in [-0.39, 0.29) is 12.4 Å². The zero-order valence-corrected chi connectivity index (χ0v) is 10.4. The van der Waals surface area contributed by atoms with Gasteiger partial charge >= 0.3 is 0 Å². The molecule has 0 fully saturated rings. The van der Waals surface area contributed by atoms with Crippen LogP contribution < -0.4 is 0 Å². The Bertz CT molecular complexity index is 581. The molecule has 0 amide bonds. The van der Waals surface area contributed by atoms with Gasteiger partial charge in [-0.25, -0.2) is 0 Å². The third kappa shape index (κ3) is 1.98. The van der Waals surface area contributed by atoms with Gasteiger partial charge in [-0.3, -0.25) is 4.79 Å². The van der Waals surface area contributed by atoms with Gasteiger partial charge < -0.3 is 9.67 Å². The summed E-state index contributed by atoms with van der Waals surface area (Å²) in [7, 11) is 0. The van der Waals surface area contributed by atoms with Crippen LogP contribution in [0, 0.1) is 13.8 Å². The van der Waals surface area contributed by atoms with E-state index < -0.39 is 0 Å². The maximum absolute atomic E-state index is 11.6. The number of hydrogen-bond acceptors (Lipinski definition) is 2. The lowest BCUT2D eigenvalue weighted by molar-refractivity contribution is 0.101. The third-order valence-corrected chi connectivity index (χ3v) is 3.04. The normalized spacial score (nSPS) is 11.1. The Kier molecular flexibility index (Phi) is 3.03. The van der Waals surface area contributed by atoms with Crippen molar-refractivity contribution in [3.63, 3.8) is 0 Å². The molecule has 2 rings (SSSR count). The highest BCUT2D eigenvalue weighted by atomic mass is 16.3. The highest BCUT2D eigenvalue weighted by Crippen LogP contribution is 2.26. The topological polar surface area (TPSA) is 42.2 Å². The number of aliphatic hydroxyl groups is 1. The van der Waals surface area contributed by atoms with Gasteiger partial charge in [0.1, 0.15) is 0 Å². The van der Waals surface area contributed by atoms with E-state index >= 15 is 0 Å². The number of carbonyl (C=O) groups is 1. The van der Waals surface area contributed by atoms with Gasteiger partial charge in [-0.2, -0.15) is 0 Å². The number of carbonyl (C=O) groups excluding carboxylic acids is 1. The van der Waals surface area contributed by atoms with Gasteiger partial charge in [-0.15, -0.1) is 0 Å². The van der Waals surface area contributed by atoms with E-state index in [1.165, 1.54) is 5.56 Å². The molecule has 0 aliphatic rings. The minimum atomic E-state index is 0.0682. The maximum Gasteiger partial charge on any atom is 0.161 e. The lowest BCUT2D eigenvalue weighted by Gasteiger charge is -2.05. The molecule has 1 aromatic heterocycles. The van der Waals surface area contributed by atoms with E-state index in [1.807, 2.05) is 24.6 Å². The SMILES string of the molecule is CC(=O)c1cn(CCO)c2cc(C)cc(C)c12. The number of aromatic nitrogens is 1. The van der Waals surface area contributed by atoms with Crippen molar-refractivity contribution in [2.24, 2.45) is 0 Å². The molecule has 3 nitrogen and oxygen atoms in total. The predicted octanol–water partition coefficient (Wildman–Crippen LogP) is 2.45. The van der Waals surface area contributed by atoms with Gasteiger partial charge in [0.15, 0.2) is 5.78 Å². The fourth-order valence-corrected chi connectivity index (χ4v) is 2.37. The second-order valence-electron chi connectivity index (χ2n) is 4.49. The quantitative estimate of drug-likeness (QED) is 0.824. The van der Waals surface area contributed by atoms with Gasteiger partial charge in [-0.05, 0) is 38.0 Å². The van der Waals surface area contributed by atoms with E-state index in [1.54, 1.807) is 6.92 Å². The van der Waals surface area contributed by atoms with Crippen LogP contribution >= 0.6 is 0 Å². The van der Waals surface area contributed by atoms with Crippen molar-refractivity contribution in [1.82, 2.24) is 4.57 Å².